The van der Waals surface area contributed by atoms with Gasteiger partial charge in [-0.25, -0.2) is 15.0 Å². The summed E-state index contributed by atoms with van der Waals surface area (Å²) in [6, 6.07) is 1.79. The van der Waals surface area contributed by atoms with Gasteiger partial charge >= 0.3 is 0 Å². The van der Waals surface area contributed by atoms with Crippen molar-refractivity contribution in [3.05, 3.63) is 24.2 Å². The molecule has 3 aromatic rings. The third-order valence-corrected chi connectivity index (χ3v) is 3.29. The van der Waals surface area contributed by atoms with E-state index in [9.17, 15) is 4.79 Å². The maximum absolute atomic E-state index is 11.4. The average molecular weight is 298 g/mol. The SMILES string of the molecule is CNc1nc(N)c(C(N)=O)nc1-c1nc2ccncc2n1C. The minimum absolute atomic E-state index is 0.0268. The number of carbonyl (C=O) groups excluding carboxylic acids is 1. The summed E-state index contributed by atoms with van der Waals surface area (Å²) in [5.41, 5.74) is 12.9. The van der Waals surface area contributed by atoms with Crippen LogP contribution in [0.4, 0.5) is 11.6 Å². The van der Waals surface area contributed by atoms with Crippen LogP contribution in [0.25, 0.3) is 22.6 Å². The molecule has 1 amide bonds. The van der Waals surface area contributed by atoms with Gasteiger partial charge in [-0.1, -0.05) is 0 Å². The highest BCUT2D eigenvalue weighted by Gasteiger charge is 2.20. The number of hydrogen-bond acceptors (Lipinski definition) is 7. The molecule has 0 fully saturated rings. The molecule has 9 heteroatoms. The molecule has 0 spiro atoms. The number of nitrogens with one attached hydrogen (secondary N) is 1. The van der Waals surface area contributed by atoms with Crippen LogP contribution >= 0.6 is 0 Å². The summed E-state index contributed by atoms with van der Waals surface area (Å²) in [5.74, 6) is 0.173. The van der Waals surface area contributed by atoms with Crippen LogP contribution in [0.5, 0.6) is 0 Å². The molecule has 0 aliphatic rings. The Kier molecular flexibility index (Phi) is 3.09. The zero-order chi connectivity index (χ0) is 15.9. The lowest BCUT2D eigenvalue weighted by molar-refractivity contribution is 0.0996. The maximum Gasteiger partial charge on any atom is 0.271 e. The fraction of sp³-hybridized carbons (Fsp3) is 0.154. The maximum atomic E-state index is 11.4. The van der Waals surface area contributed by atoms with Gasteiger partial charge in [0.1, 0.15) is 5.69 Å². The van der Waals surface area contributed by atoms with Gasteiger partial charge in [0.05, 0.1) is 17.2 Å². The van der Waals surface area contributed by atoms with Crippen molar-refractivity contribution in [1.82, 2.24) is 24.5 Å². The van der Waals surface area contributed by atoms with Crippen molar-refractivity contribution in [1.29, 1.82) is 0 Å². The molecule has 3 heterocycles. The van der Waals surface area contributed by atoms with Gasteiger partial charge in [0.2, 0.25) is 0 Å². The number of hydrogen-bond donors (Lipinski definition) is 3. The van der Waals surface area contributed by atoms with Gasteiger partial charge < -0.3 is 21.4 Å². The number of nitrogens with zero attached hydrogens (tertiary/aromatic N) is 5. The standard InChI is InChI=1S/C13H14N8O/c1-16-12-9(19-8(11(15)22)10(14)20-12)13-18-6-3-4-17-5-7(6)21(13)2/h3-5H,1-2H3,(H2,15,22)(H3,14,16,20). The molecule has 0 bridgehead atoms. The third-order valence-electron chi connectivity index (χ3n) is 3.29. The Hall–Kier alpha value is -3.23. The Labute approximate surface area is 125 Å². The Morgan fingerprint density at radius 1 is 1.32 bits per heavy atom. The molecule has 3 aromatic heterocycles. The van der Waals surface area contributed by atoms with Gasteiger partial charge in [0.25, 0.3) is 5.91 Å². The Morgan fingerprint density at radius 2 is 2.09 bits per heavy atom. The van der Waals surface area contributed by atoms with Crippen LogP contribution in [0.15, 0.2) is 18.5 Å². The minimum Gasteiger partial charge on any atom is -0.382 e. The van der Waals surface area contributed by atoms with Crippen molar-refractivity contribution in [2.24, 2.45) is 12.8 Å². The minimum atomic E-state index is -0.741. The van der Waals surface area contributed by atoms with Gasteiger partial charge in [0, 0.05) is 20.3 Å². The van der Waals surface area contributed by atoms with Gasteiger partial charge in [-0.2, -0.15) is 0 Å². The number of nitrogens with two attached hydrogens (primary N) is 2. The van der Waals surface area contributed by atoms with Crippen molar-refractivity contribution in [2.45, 2.75) is 0 Å². The van der Waals surface area contributed by atoms with E-state index >= 15 is 0 Å². The highest BCUT2D eigenvalue weighted by atomic mass is 16.1. The molecule has 0 aliphatic heterocycles. The normalized spacial score (nSPS) is 10.8. The summed E-state index contributed by atoms with van der Waals surface area (Å²) in [4.78, 5) is 28.4. The number of nitrogen functional groups attached to an aromatic ring is 1. The summed E-state index contributed by atoms with van der Waals surface area (Å²) >= 11 is 0. The summed E-state index contributed by atoms with van der Waals surface area (Å²) in [6.45, 7) is 0. The number of imidazole rings is 1. The highest BCUT2D eigenvalue weighted by molar-refractivity contribution is 5.96. The third kappa shape index (κ3) is 1.99. The molecule has 5 N–H and O–H groups in total. The number of primary amides is 1. The lowest BCUT2D eigenvalue weighted by atomic mass is 10.3. The fourth-order valence-corrected chi connectivity index (χ4v) is 2.21. The number of anilines is 2. The largest absolute Gasteiger partial charge is 0.382 e. The van der Waals surface area contributed by atoms with E-state index in [0.29, 0.717) is 17.3 Å². The number of aryl methyl sites for hydroxylation is 1. The van der Waals surface area contributed by atoms with Crippen molar-refractivity contribution < 1.29 is 4.79 Å². The van der Waals surface area contributed by atoms with Gasteiger partial charge in [0.15, 0.2) is 23.2 Å². The Bertz CT molecular complexity index is 885. The van der Waals surface area contributed by atoms with E-state index < -0.39 is 5.91 Å². The number of rotatable bonds is 3. The van der Waals surface area contributed by atoms with Crippen LogP contribution < -0.4 is 16.8 Å². The molecule has 9 nitrogen and oxygen atoms in total. The van der Waals surface area contributed by atoms with Crippen LogP contribution in [0.3, 0.4) is 0 Å². The van der Waals surface area contributed by atoms with E-state index in [-0.39, 0.29) is 11.5 Å². The monoisotopic (exact) mass is 298 g/mol. The second kappa shape index (κ2) is 4.95. The molecule has 0 saturated heterocycles. The fourth-order valence-electron chi connectivity index (χ4n) is 2.21. The molecule has 112 valence electrons. The summed E-state index contributed by atoms with van der Waals surface area (Å²) < 4.78 is 1.81. The summed E-state index contributed by atoms with van der Waals surface area (Å²) in [5, 5.41) is 2.90. The van der Waals surface area contributed by atoms with E-state index in [1.54, 1.807) is 25.5 Å². The predicted molar refractivity (Wildman–Crippen MR) is 82.0 cm³/mol. The molecule has 0 aromatic carbocycles. The molecule has 22 heavy (non-hydrogen) atoms. The van der Waals surface area contributed by atoms with Crippen LogP contribution in [0.2, 0.25) is 0 Å². The van der Waals surface area contributed by atoms with E-state index in [2.05, 4.69) is 25.3 Å². The molecule has 0 radical (unpaired) electrons. The molecule has 0 saturated carbocycles. The van der Waals surface area contributed by atoms with E-state index in [1.807, 2.05) is 11.6 Å². The Balaban J connectivity index is 2.31. The van der Waals surface area contributed by atoms with Crippen LogP contribution in [0, 0.1) is 0 Å². The first-order valence-electron chi connectivity index (χ1n) is 6.44. The number of amides is 1. The molecule has 3 rings (SSSR count). The van der Waals surface area contributed by atoms with Crippen molar-refractivity contribution in [2.75, 3.05) is 18.1 Å². The topological polar surface area (TPSA) is 138 Å². The summed E-state index contributed by atoms with van der Waals surface area (Å²) in [6.07, 6.45) is 3.35. The lowest BCUT2D eigenvalue weighted by Crippen LogP contribution is -2.18. The van der Waals surface area contributed by atoms with Crippen LogP contribution in [-0.2, 0) is 7.05 Å². The molecule has 0 atom stereocenters. The van der Waals surface area contributed by atoms with Crippen molar-refractivity contribution >= 4 is 28.6 Å². The van der Waals surface area contributed by atoms with E-state index in [4.69, 9.17) is 11.5 Å². The number of carbonyl (C=O) groups is 1. The number of aromatic nitrogens is 5. The van der Waals surface area contributed by atoms with E-state index in [1.165, 1.54) is 0 Å². The molecular weight excluding hydrogens is 284 g/mol. The zero-order valence-electron chi connectivity index (χ0n) is 12.0. The Morgan fingerprint density at radius 3 is 2.73 bits per heavy atom. The highest BCUT2D eigenvalue weighted by Crippen LogP contribution is 2.27. The second-order valence-electron chi connectivity index (χ2n) is 4.63. The first-order chi connectivity index (χ1) is 10.5. The molecule has 0 unspecified atom stereocenters. The lowest BCUT2D eigenvalue weighted by Gasteiger charge is -2.10. The first-order valence-corrected chi connectivity index (χ1v) is 6.44. The van der Waals surface area contributed by atoms with Crippen molar-refractivity contribution in [3.8, 4) is 11.5 Å². The molecule has 0 aliphatic carbocycles. The average Bonchev–Trinajstić information content (AvgIpc) is 2.84. The quantitative estimate of drug-likeness (QED) is 0.625. The van der Waals surface area contributed by atoms with Gasteiger partial charge in [-0.15, -0.1) is 0 Å². The summed E-state index contributed by atoms with van der Waals surface area (Å²) in [7, 11) is 3.51. The van der Waals surface area contributed by atoms with Gasteiger partial charge in [-0.3, -0.25) is 9.78 Å². The first kappa shape index (κ1) is 13.7. The zero-order valence-corrected chi connectivity index (χ0v) is 12.0. The van der Waals surface area contributed by atoms with Crippen molar-refractivity contribution in [3.63, 3.8) is 0 Å². The number of fused-ring (bicyclic) bond motifs is 1. The smallest absolute Gasteiger partial charge is 0.271 e. The molecular formula is C13H14N8O. The van der Waals surface area contributed by atoms with Crippen LogP contribution in [-0.4, -0.2) is 37.5 Å². The van der Waals surface area contributed by atoms with E-state index in [0.717, 1.165) is 11.0 Å². The second-order valence-corrected chi connectivity index (χ2v) is 4.63. The number of pyridine rings is 1. The predicted octanol–water partition coefficient (Wildman–Crippen LogP) is 0.148. The van der Waals surface area contributed by atoms with Gasteiger partial charge in [-0.05, 0) is 6.07 Å². The van der Waals surface area contributed by atoms with Crippen LogP contribution in [0.1, 0.15) is 10.5 Å².